The molecule has 4 atom stereocenters. The van der Waals surface area contributed by atoms with Crippen molar-refractivity contribution in [2.75, 3.05) is 0 Å². The van der Waals surface area contributed by atoms with E-state index in [1.165, 1.54) is 24.3 Å². The van der Waals surface area contributed by atoms with Crippen LogP contribution in [0, 0.1) is 5.92 Å². The van der Waals surface area contributed by atoms with Gasteiger partial charge in [0.25, 0.3) is 0 Å². The number of carboxylic acid groups (broad SMARTS) is 1. The summed E-state index contributed by atoms with van der Waals surface area (Å²) in [5.41, 5.74) is 12.7. The van der Waals surface area contributed by atoms with Gasteiger partial charge >= 0.3 is 5.97 Å². The molecule has 12 heteroatoms. The number of nitrogens with two attached hydrogens (primary N) is 2. The van der Waals surface area contributed by atoms with E-state index in [0.29, 0.717) is 5.56 Å². The number of carboxylic acids is 1. The Kier molecular flexibility index (Phi) is 12.1. The van der Waals surface area contributed by atoms with E-state index in [0.717, 1.165) is 5.56 Å². The summed E-state index contributed by atoms with van der Waals surface area (Å²) in [5, 5.41) is 26.6. The zero-order valence-corrected chi connectivity index (χ0v) is 22.5. The van der Waals surface area contributed by atoms with Gasteiger partial charge in [0, 0.05) is 12.8 Å². The summed E-state index contributed by atoms with van der Waals surface area (Å²) in [4.78, 5) is 62.3. The molecule has 4 unspecified atom stereocenters. The van der Waals surface area contributed by atoms with Crippen molar-refractivity contribution >= 4 is 29.6 Å². The number of phenols is 1. The molecule has 40 heavy (non-hydrogen) atoms. The number of carbonyl (C=O) groups excluding carboxylic acids is 4. The summed E-state index contributed by atoms with van der Waals surface area (Å²) >= 11 is 0. The second-order valence-corrected chi connectivity index (χ2v) is 9.86. The number of carbonyl (C=O) groups is 5. The third-order valence-electron chi connectivity index (χ3n) is 6.19. The van der Waals surface area contributed by atoms with Crippen molar-refractivity contribution in [1.29, 1.82) is 0 Å². The maximum absolute atomic E-state index is 13.2. The van der Waals surface area contributed by atoms with E-state index in [1.54, 1.807) is 13.8 Å². The lowest BCUT2D eigenvalue weighted by molar-refractivity contribution is -0.142. The fourth-order valence-corrected chi connectivity index (χ4v) is 3.91. The number of benzene rings is 2. The molecule has 0 spiro atoms. The van der Waals surface area contributed by atoms with E-state index >= 15 is 0 Å². The summed E-state index contributed by atoms with van der Waals surface area (Å²) in [6.45, 7) is 3.40. The van der Waals surface area contributed by atoms with Gasteiger partial charge in [0.2, 0.25) is 23.6 Å². The van der Waals surface area contributed by atoms with Crippen LogP contribution in [0.4, 0.5) is 0 Å². The maximum Gasteiger partial charge on any atom is 0.326 e. The van der Waals surface area contributed by atoms with Crippen molar-refractivity contribution in [2.24, 2.45) is 17.4 Å². The SMILES string of the molecule is CC(C)C(NC(=O)C(N)Cc1ccccc1)C(=O)NC(CCC(N)=O)C(=O)NC(Cc1ccc(O)cc1)C(=O)O. The van der Waals surface area contributed by atoms with E-state index in [2.05, 4.69) is 16.0 Å². The highest BCUT2D eigenvalue weighted by Crippen LogP contribution is 2.12. The minimum absolute atomic E-state index is 0.00158. The van der Waals surface area contributed by atoms with Gasteiger partial charge in [0.05, 0.1) is 6.04 Å². The van der Waals surface area contributed by atoms with Crippen LogP contribution >= 0.6 is 0 Å². The van der Waals surface area contributed by atoms with Crippen LogP contribution < -0.4 is 27.4 Å². The highest BCUT2D eigenvalue weighted by molar-refractivity contribution is 5.94. The standard InChI is InChI=1S/C28H37N5O7/c1-16(2)24(33-25(36)20(29)14-17-6-4-3-5-7-17)27(38)31-21(12-13-23(30)35)26(37)32-22(28(39)40)15-18-8-10-19(34)11-9-18/h3-11,16,20-22,24,34H,12-15,29H2,1-2H3,(H2,30,35)(H,31,38)(H,32,37)(H,33,36)(H,39,40). The van der Waals surface area contributed by atoms with E-state index in [1.807, 2.05) is 30.3 Å². The van der Waals surface area contributed by atoms with Gasteiger partial charge in [-0.2, -0.15) is 0 Å². The first kappa shape index (κ1) is 31.8. The lowest BCUT2D eigenvalue weighted by Gasteiger charge is -2.27. The van der Waals surface area contributed by atoms with Crippen LogP contribution in [-0.2, 0) is 36.8 Å². The third kappa shape index (κ3) is 10.4. The van der Waals surface area contributed by atoms with Crippen LogP contribution in [0.5, 0.6) is 5.75 Å². The Morgan fingerprint density at radius 1 is 0.775 bits per heavy atom. The number of aromatic hydroxyl groups is 1. The number of amides is 4. The van der Waals surface area contributed by atoms with Crippen molar-refractivity contribution < 1.29 is 34.2 Å². The fraction of sp³-hybridized carbons (Fsp3) is 0.393. The smallest absolute Gasteiger partial charge is 0.326 e. The summed E-state index contributed by atoms with van der Waals surface area (Å²) < 4.78 is 0. The Morgan fingerprint density at radius 2 is 1.35 bits per heavy atom. The van der Waals surface area contributed by atoms with Crippen LogP contribution in [0.25, 0.3) is 0 Å². The van der Waals surface area contributed by atoms with Gasteiger partial charge in [0.15, 0.2) is 0 Å². The average Bonchev–Trinajstić information content (AvgIpc) is 2.90. The Balaban J connectivity index is 2.12. The van der Waals surface area contributed by atoms with Gasteiger partial charge in [-0.15, -0.1) is 0 Å². The van der Waals surface area contributed by atoms with Crippen molar-refractivity contribution in [2.45, 2.75) is 63.7 Å². The topological polar surface area (TPSA) is 214 Å². The number of hydrogen-bond acceptors (Lipinski definition) is 7. The van der Waals surface area contributed by atoms with E-state index in [9.17, 15) is 34.2 Å². The van der Waals surface area contributed by atoms with Gasteiger partial charge in [-0.25, -0.2) is 4.79 Å². The molecule has 0 aliphatic rings. The molecule has 0 radical (unpaired) electrons. The highest BCUT2D eigenvalue weighted by Gasteiger charge is 2.32. The molecule has 0 bridgehead atoms. The summed E-state index contributed by atoms with van der Waals surface area (Å²) in [5.74, 6) is -4.53. The molecule has 2 rings (SSSR count). The van der Waals surface area contributed by atoms with Crippen LogP contribution in [-0.4, -0.2) is 64.0 Å². The van der Waals surface area contributed by atoms with Crippen LogP contribution in [0.2, 0.25) is 0 Å². The quantitative estimate of drug-likeness (QED) is 0.158. The predicted molar refractivity (Wildman–Crippen MR) is 147 cm³/mol. The first-order valence-corrected chi connectivity index (χ1v) is 12.9. The normalized spacial score (nSPS) is 13.9. The molecule has 2 aromatic carbocycles. The first-order valence-electron chi connectivity index (χ1n) is 12.9. The van der Waals surface area contributed by atoms with Gasteiger partial charge in [0.1, 0.15) is 23.9 Å². The Hall–Kier alpha value is -4.45. The Morgan fingerprint density at radius 3 is 1.90 bits per heavy atom. The second kappa shape index (κ2) is 15.2. The summed E-state index contributed by atoms with van der Waals surface area (Å²) in [6, 6.07) is 10.3. The van der Waals surface area contributed by atoms with E-state index < -0.39 is 59.7 Å². The molecule has 0 fully saturated rings. The molecular formula is C28H37N5O7. The number of phenolic OH excluding ortho intramolecular Hbond substituents is 1. The number of rotatable bonds is 15. The zero-order chi connectivity index (χ0) is 29.8. The first-order chi connectivity index (χ1) is 18.9. The van der Waals surface area contributed by atoms with Gasteiger partial charge < -0.3 is 37.6 Å². The fourth-order valence-electron chi connectivity index (χ4n) is 3.91. The maximum atomic E-state index is 13.2. The second-order valence-electron chi connectivity index (χ2n) is 9.86. The monoisotopic (exact) mass is 555 g/mol. The van der Waals surface area contributed by atoms with Crippen molar-refractivity contribution in [1.82, 2.24) is 16.0 Å². The Labute approximate surface area is 232 Å². The number of aliphatic carboxylic acids is 1. The molecule has 0 saturated carbocycles. The predicted octanol–water partition coefficient (Wildman–Crippen LogP) is -0.0348. The molecule has 216 valence electrons. The number of nitrogens with one attached hydrogen (secondary N) is 3. The minimum atomic E-state index is -1.36. The number of hydrogen-bond donors (Lipinski definition) is 7. The molecule has 12 nitrogen and oxygen atoms in total. The van der Waals surface area contributed by atoms with E-state index in [4.69, 9.17) is 11.5 Å². The largest absolute Gasteiger partial charge is 0.508 e. The minimum Gasteiger partial charge on any atom is -0.508 e. The van der Waals surface area contributed by atoms with Crippen molar-refractivity contribution in [3.05, 3.63) is 65.7 Å². The lowest BCUT2D eigenvalue weighted by Crippen LogP contribution is -2.58. The highest BCUT2D eigenvalue weighted by atomic mass is 16.4. The molecule has 0 heterocycles. The molecule has 0 aliphatic heterocycles. The lowest BCUT2D eigenvalue weighted by atomic mass is 10.00. The van der Waals surface area contributed by atoms with Gasteiger partial charge in [-0.05, 0) is 42.0 Å². The van der Waals surface area contributed by atoms with Crippen LogP contribution in [0.1, 0.15) is 37.8 Å². The van der Waals surface area contributed by atoms with Crippen LogP contribution in [0.15, 0.2) is 54.6 Å². The molecular weight excluding hydrogens is 518 g/mol. The number of primary amides is 1. The molecule has 0 saturated heterocycles. The molecule has 4 amide bonds. The molecule has 0 aliphatic carbocycles. The third-order valence-corrected chi connectivity index (χ3v) is 6.19. The Bertz CT molecular complexity index is 1170. The average molecular weight is 556 g/mol. The van der Waals surface area contributed by atoms with Crippen molar-refractivity contribution in [3.8, 4) is 5.75 Å². The molecule has 0 aromatic heterocycles. The van der Waals surface area contributed by atoms with Gasteiger partial charge in [-0.1, -0.05) is 56.3 Å². The zero-order valence-electron chi connectivity index (χ0n) is 22.5. The van der Waals surface area contributed by atoms with Crippen molar-refractivity contribution in [3.63, 3.8) is 0 Å². The van der Waals surface area contributed by atoms with Gasteiger partial charge in [-0.3, -0.25) is 19.2 Å². The van der Waals surface area contributed by atoms with Crippen LogP contribution in [0.3, 0.4) is 0 Å². The molecule has 2 aromatic rings. The molecule has 9 N–H and O–H groups in total. The summed E-state index contributed by atoms with van der Waals surface area (Å²) in [6.07, 6.45) is -0.290. The van der Waals surface area contributed by atoms with E-state index in [-0.39, 0.29) is 31.4 Å². The summed E-state index contributed by atoms with van der Waals surface area (Å²) in [7, 11) is 0.